The van der Waals surface area contributed by atoms with Crippen LogP contribution in [-0.2, 0) is 28.9 Å². The Labute approximate surface area is 160 Å². The molecule has 8 heteroatoms. The van der Waals surface area contributed by atoms with Gasteiger partial charge in [0.25, 0.3) is 0 Å². The van der Waals surface area contributed by atoms with Crippen LogP contribution in [0.3, 0.4) is 0 Å². The average Bonchev–Trinajstić information content (AvgIpc) is 3.02. The zero-order valence-electron chi connectivity index (χ0n) is 15.3. The summed E-state index contributed by atoms with van der Waals surface area (Å²) in [7, 11) is 1.67. The maximum absolute atomic E-state index is 12.9. The zero-order valence-corrected chi connectivity index (χ0v) is 15.3. The van der Waals surface area contributed by atoms with Crippen LogP contribution in [-0.4, -0.2) is 40.2 Å². The van der Waals surface area contributed by atoms with Crippen molar-refractivity contribution < 1.29 is 22.8 Å². The van der Waals surface area contributed by atoms with Crippen molar-refractivity contribution in [2.24, 2.45) is 5.92 Å². The minimum absolute atomic E-state index is 0.0562. The third-order valence-corrected chi connectivity index (χ3v) is 4.74. The molecule has 3 rings (SSSR count). The third-order valence-electron chi connectivity index (χ3n) is 4.74. The molecule has 5 nitrogen and oxygen atoms in total. The number of hydrogen-bond donors (Lipinski definition) is 0. The number of pyridine rings is 1. The molecule has 0 radical (unpaired) electrons. The smallest absolute Gasteiger partial charge is 0.341 e. The highest BCUT2D eigenvalue weighted by Gasteiger charge is 2.36. The van der Waals surface area contributed by atoms with Crippen LogP contribution >= 0.6 is 0 Å². The molecule has 0 N–H and O–H groups in total. The number of carbonyl (C=O) groups excluding carboxylic acids is 2. The summed E-state index contributed by atoms with van der Waals surface area (Å²) < 4.78 is 38.6. The number of rotatable bonds is 5. The summed E-state index contributed by atoms with van der Waals surface area (Å²) in [6.07, 6.45) is -1.08. The van der Waals surface area contributed by atoms with Crippen LogP contribution in [0.25, 0.3) is 0 Å². The Bertz CT molecular complexity index is 855. The normalized spacial score (nSPS) is 17.1. The fourth-order valence-corrected chi connectivity index (χ4v) is 3.31. The molecule has 0 spiro atoms. The quantitative estimate of drug-likeness (QED) is 0.787. The van der Waals surface area contributed by atoms with Crippen molar-refractivity contribution in [3.05, 3.63) is 65.5 Å². The van der Waals surface area contributed by atoms with Gasteiger partial charge in [0.2, 0.25) is 11.8 Å². The molecule has 1 aliphatic heterocycles. The molecule has 0 bridgehead atoms. The molecule has 2 amide bonds. The highest BCUT2D eigenvalue weighted by Crippen LogP contribution is 2.30. The Hall–Kier alpha value is -2.90. The predicted octanol–water partition coefficient (Wildman–Crippen LogP) is 3.11. The van der Waals surface area contributed by atoms with E-state index in [0.29, 0.717) is 12.1 Å². The number of nitrogens with zero attached hydrogens (tertiary/aromatic N) is 3. The number of amides is 2. The topological polar surface area (TPSA) is 53.5 Å². The largest absolute Gasteiger partial charge is 0.416 e. The maximum Gasteiger partial charge on any atom is 0.416 e. The van der Waals surface area contributed by atoms with Gasteiger partial charge >= 0.3 is 6.18 Å². The molecule has 2 heterocycles. The average molecular weight is 391 g/mol. The van der Waals surface area contributed by atoms with Crippen LogP contribution in [0, 0.1) is 5.92 Å². The lowest BCUT2D eigenvalue weighted by molar-refractivity contribution is -0.137. The molecule has 1 aromatic carbocycles. The van der Waals surface area contributed by atoms with Crippen molar-refractivity contribution in [3.63, 3.8) is 0 Å². The highest BCUT2D eigenvalue weighted by molar-refractivity contribution is 5.89. The second kappa shape index (κ2) is 8.00. The summed E-state index contributed by atoms with van der Waals surface area (Å²) in [5, 5.41) is 0. The van der Waals surface area contributed by atoms with Crippen LogP contribution in [0.5, 0.6) is 0 Å². The minimum atomic E-state index is -4.43. The molecule has 0 unspecified atom stereocenters. The lowest BCUT2D eigenvalue weighted by Gasteiger charge is -2.21. The van der Waals surface area contributed by atoms with Crippen LogP contribution in [0.4, 0.5) is 13.2 Å². The highest BCUT2D eigenvalue weighted by atomic mass is 19.4. The number of carbonyl (C=O) groups is 2. The molecule has 1 aliphatic rings. The molecule has 2 aromatic rings. The Morgan fingerprint density at radius 1 is 1.21 bits per heavy atom. The van der Waals surface area contributed by atoms with Gasteiger partial charge in [-0.2, -0.15) is 13.2 Å². The van der Waals surface area contributed by atoms with E-state index in [2.05, 4.69) is 4.98 Å². The standard InChI is InChI=1S/C20H20F3N3O2/c1-25(11-14-5-7-24-8-6-14)19(28)16-10-18(27)26(13-16)12-15-3-2-4-17(9-15)20(21,22)23/h2-9,16H,10-13H2,1H3/t16-/m1/s1. The van der Waals surface area contributed by atoms with Crippen molar-refractivity contribution in [3.8, 4) is 0 Å². The Morgan fingerprint density at radius 2 is 1.93 bits per heavy atom. The van der Waals surface area contributed by atoms with Crippen LogP contribution in [0.1, 0.15) is 23.1 Å². The SMILES string of the molecule is CN(Cc1ccncc1)C(=O)[C@@H]1CC(=O)N(Cc2cccc(C(F)(F)F)c2)C1. The zero-order chi connectivity index (χ0) is 20.3. The summed E-state index contributed by atoms with van der Waals surface area (Å²) in [5.74, 6) is -0.880. The molecule has 0 saturated carbocycles. The van der Waals surface area contributed by atoms with Gasteiger partial charge in [-0.05, 0) is 35.4 Å². The van der Waals surface area contributed by atoms with Crippen molar-refractivity contribution in [1.82, 2.24) is 14.8 Å². The van der Waals surface area contributed by atoms with Gasteiger partial charge in [-0.25, -0.2) is 0 Å². The van der Waals surface area contributed by atoms with E-state index in [1.54, 1.807) is 30.4 Å². The first-order chi connectivity index (χ1) is 13.2. The number of likely N-dealkylation sites (tertiary alicyclic amines) is 1. The summed E-state index contributed by atoms with van der Waals surface area (Å²) in [5.41, 5.74) is 0.568. The fraction of sp³-hybridized carbons (Fsp3) is 0.350. The predicted molar refractivity (Wildman–Crippen MR) is 95.7 cm³/mol. The van der Waals surface area contributed by atoms with E-state index in [-0.39, 0.29) is 31.3 Å². The first kappa shape index (κ1) is 19.9. The van der Waals surface area contributed by atoms with Crippen molar-refractivity contribution in [1.29, 1.82) is 0 Å². The van der Waals surface area contributed by atoms with E-state index >= 15 is 0 Å². The monoisotopic (exact) mass is 391 g/mol. The lowest BCUT2D eigenvalue weighted by atomic mass is 10.1. The lowest BCUT2D eigenvalue weighted by Crippen LogP contribution is -2.34. The molecule has 148 valence electrons. The molecular weight excluding hydrogens is 371 g/mol. The summed E-state index contributed by atoms with van der Waals surface area (Å²) >= 11 is 0. The Morgan fingerprint density at radius 3 is 2.61 bits per heavy atom. The summed E-state index contributed by atoms with van der Waals surface area (Å²) in [4.78, 5) is 31.9. The first-order valence-corrected chi connectivity index (χ1v) is 8.82. The van der Waals surface area contributed by atoms with Gasteiger partial charge < -0.3 is 9.80 Å². The maximum atomic E-state index is 12.9. The number of alkyl halides is 3. The molecular formula is C20H20F3N3O2. The second-order valence-corrected chi connectivity index (χ2v) is 6.92. The molecule has 0 aliphatic carbocycles. The van der Waals surface area contributed by atoms with Gasteiger partial charge in [-0.3, -0.25) is 14.6 Å². The van der Waals surface area contributed by atoms with Gasteiger partial charge in [0.05, 0.1) is 11.5 Å². The number of aromatic nitrogens is 1. The fourth-order valence-electron chi connectivity index (χ4n) is 3.31. The molecule has 1 fully saturated rings. The van der Waals surface area contributed by atoms with Crippen molar-refractivity contribution in [2.75, 3.05) is 13.6 Å². The van der Waals surface area contributed by atoms with Gasteiger partial charge in [0.1, 0.15) is 0 Å². The minimum Gasteiger partial charge on any atom is -0.341 e. The Kier molecular flexibility index (Phi) is 5.67. The molecule has 28 heavy (non-hydrogen) atoms. The summed E-state index contributed by atoms with van der Waals surface area (Å²) in [6, 6.07) is 8.53. The van der Waals surface area contributed by atoms with Crippen molar-refractivity contribution in [2.45, 2.75) is 25.7 Å². The molecule has 1 saturated heterocycles. The van der Waals surface area contributed by atoms with Crippen LogP contribution in [0.2, 0.25) is 0 Å². The number of hydrogen-bond acceptors (Lipinski definition) is 3. The number of halogens is 3. The third kappa shape index (κ3) is 4.68. The second-order valence-electron chi connectivity index (χ2n) is 6.92. The van der Waals surface area contributed by atoms with E-state index < -0.39 is 17.7 Å². The van der Waals surface area contributed by atoms with E-state index in [4.69, 9.17) is 0 Å². The summed E-state index contributed by atoms with van der Waals surface area (Å²) in [6.45, 7) is 0.662. The van der Waals surface area contributed by atoms with E-state index in [1.807, 2.05) is 12.1 Å². The van der Waals surface area contributed by atoms with E-state index in [9.17, 15) is 22.8 Å². The van der Waals surface area contributed by atoms with E-state index in [0.717, 1.165) is 17.7 Å². The van der Waals surface area contributed by atoms with Gasteiger partial charge in [0, 0.05) is 45.5 Å². The molecule has 1 atom stereocenters. The Balaban J connectivity index is 1.62. The van der Waals surface area contributed by atoms with E-state index in [1.165, 1.54) is 11.0 Å². The number of benzene rings is 1. The van der Waals surface area contributed by atoms with Crippen LogP contribution < -0.4 is 0 Å². The van der Waals surface area contributed by atoms with Crippen LogP contribution in [0.15, 0.2) is 48.8 Å². The van der Waals surface area contributed by atoms with Crippen molar-refractivity contribution >= 4 is 11.8 Å². The van der Waals surface area contributed by atoms with Gasteiger partial charge in [-0.1, -0.05) is 12.1 Å². The molecule has 1 aromatic heterocycles. The van der Waals surface area contributed by atoms with Gasteiger partial charge in [-0.15, -0.1) is 0 Å². The first-order valence-electron chi connectivity index (χ1n) is 8.82. The van der Waals surface area contributed by atoms with Gasteiger partial charge in [0.15, 0.2) is 0 Å².